The number of para-hydroxylation sites is 1. The monoisotopic (exact) mass is 483 g/mol. The summed E-state index contributed by atoms with van der Waals surface area (Å²) in [5.74, 6) is -0.938. The average Bonchev–Trinajstić information content (AvgIpc) is 2.74. The van der Waals surface area contributed by atoms with Crippen molar-refractivity contribution in [2.75, 3.05) is 18.5 Å². The van der Waals surface area contributed by atoms with Crippen LogP contribution in [0.1, 0.15) is 56.0 Å². The molecule has 8 nitrogen and oxygen atoms in total. The lowest BCUT2D eigenvalue weighted by Gasteiger charge is -2.34. The summed E-state index contributed by atoms with van der Waals surface area (Å²) < 4.78 is 5.27. The van der Waals surface area contributed by atoms with Crippen molar-refractivity contribution in [3.63, 3.8) is 0 Å². The van der Waals surface area contributed by atoms with E-state index in [1.54, 1.807) is 26.8 Å². The van der Waals surface area contributed by atoms with Crippen molar-refractivity contribution in [2.45, 2.75) is 66.2 Å². The number of hydrogen-bond donors (Lipinski definition) is 3. The van der Waals surface area contributed by atoms with Crippen LogP contribution >= 0.6 is 0 Å². The minimum Gasteiger partial charge on any atom is -0.444 e. The number of carbonyl (C=O) groups is 3. The highest BCUT2D eigenvalue weighted by molar-refractivity contribution is 5.99. The fourth-order valence-corrected chi connectivity index (χ4v) is 3.77. The lowest BCUT2D eigenvalue weighted by atomic mass is 9.96. The number of anilines is 1. The highest BCUT2D eigenvalue weighted by Gasteiger charge is 2.35. The first-order valence-corrected chi connectivity index (χ1v) is 11.7. The summed E-state index contributed by atoms with van der Waals surface area (Å²) in [6.07, 6.45) is -0.741. The molecule has 0 aromatic heterocycles. The molecule has 190 valence electrons. The first-order valence-electron chi connectivity index (χ1n) is 11.7. The number of benzene rings is 2. The molecule has 2 atom stereocenters. The number of aliphatic hydroxyl groups is 1. The Labute approximate surface area is 207 Å². The minimum absolute atomic E-state index is 0.0989. The Kier molecular flexibility index (Phi) is 9.42. The number of carbonyl (C=O) groups excluding carboxylic acids is 3. The van der Waals surface area contributed by atoms with Gasteiger partial charge in [-0.15, -0.1) is 0 Å². The molecule has 0 aliphatic heterocycles. The van der Waals surface area contributed by atoms with Crippen LogP contribution in [0, 0.1) is 20.8 Å². The minimum atomic E-state index is -1.03. The number of hydrogen-bond acceptors (Lipinski definition) is 5. The van der Waals surface area contributed by atoms with Crippen LogP contribution in [0.4, 0.5) is 10.5 Å². The zero-order valence-corrected chi connectivity index (χ0v) is 21.6. The van der Waals surface area contributed by atoms with Crippen LogP contribution in [0.15, 0.2) is 42.5 Å². The molecular formula is C27H37N3O5. The van der Waals surface area contributed by atoms with Gasteiger partial charge >= 0.3 is 6.09 Å². The molecule has 2 aromatic carbocycles. The molecule has 3 N–H and O–H groups in total. The summed E-state index contributed by atoms with van der Waals surface area (Å²) in [4.78, 5) is 40.7. The maximum atomic E-state index is 13.7. The van der Waals surface area contributed by atoms with Gasteiger partial charge in [0.25, 0.3) is 5.91 Å². The van der Waals surface area contributed by atoms with Gasteiger partial charge in [-0.3, -0.25) is 9.59 Å². The van der Waals surface area contributed by atoms with Gasteiger partial charge in [-0.2, -0.15) is 0 Å². The van der Waals surface area contributed by atoms with E-state index >= 15 is 0 Å². The van der Waals surface area contributed by atoms with Crippen LogP contribution in [0.2, 0.25) is 0 Å². The molecule has 0 saturated heterocycles. The number of ether oxygens (including phenoxy) is 1. The quantitative estimate of drug-likeness (QED) is 0.526. The number of nitrogens with one attached hydrogen (secondary N) is 2. The van der Waals surface area contributed by atoms with Crippen molar-refractivity contribution in [2.24, 2.45) is 0 Å². The second kappa shape index (κ2) is 11.8. The van der Waals surface area contributed by atoms with Crippen molar-refractivity contribution in [3.05, 3.63) is 64.7 Å². The molecule has 0 bridgehead atoms. The van der Waals surface area contributed by atoms with E-state index in [1.165, 1.54) is 11.8 Å². The molecule has 0 fully saturated rings. The van der Waals surface area contributed by atoms with Gasteiger partial charge in [0.2, 0.25) is 5.91 Å². The van der Waals surface area contributed by atoms with E-state index in [9.17, 15) is 19.5 Å². The average molecular weight is 484 g/mol. The van der Waals surface area contributed by atoms with E-state index in [4.69, 9.17) is 4.74 Å². The lowest BCUT2D eigenvalue weighted by molar-refractivity contribution is -0.141. The first-order chi connectivity index (χ1) is 16.3. The molecule has 0 aliphatic carbocycles. The van der Waals surface area contributed by atoms with Crippen molar-refractivity contribution >= 4 is 23.6 Å². The number of amides is 3. The highest BCUT2D eigenvalue weighted by atomic mass is 16.6. The fraction of sp³-hybridized carbons (Fsp3) is 0.444. The van der Waals surface area contributed by atoms with E-state index in [0.29, 0.717) is 11.3 Å². The van der Waals surface area contributed by atoms with Gasteiger partial charge in [0.05, 0.1) is 6.61 Å². The molecule has 35 heavy (non-hydrogen) atoms. The summed E-state index contributed by atoms with van der Waals surface area (Å²) in [6.45, 7) is 11.9. The predicted molar refractivity (Wildman–Crippen MR) is 136 cm³/mol. The van der Waals surface area contributed by atoms with Crippen LogP contribution in [-0.2, 0) is 14.3 Å². The number of nitrogens with zero attached hydrogens (tertiary/aromatic N) is 1. The topological polar surface area (TPSA) is 108 Å². The Morgan fingerprint density at radius 1 is 1.03 bits per heavy atom. The van der Waals surface area contributed by atoms with Crippen LogP contribution in [0.25, 0.3) is 0 Å². The SMILES string of the molecule is Cc1ccc(C(C(=O)Nc2ccccc2C)N(CCO)C(=O)C(C)NC(=O)OC(C)(C)C)c(C)c1. The number of alkyl carbamates (subject to hydrolysis) is 1. The maximum absolute atomic E-state index is 13.7. The van der Waals surface area contributed by atoms with Crippen LogP contribution < -0.4 is 10.6 Å². The molecule has 2 aromatic rings. The predicted octanol–water partition coefficient (Wildman–Crippen LogP) is 4.03. The Morgan fingerprint density at radius 3 is 2.26 bits per heavy atom. The largest absolute Gasteiger partial charge is 0.444 e. The summed E-state index contributed by atoms with van der Waals surface area (Å²) in [5, 5.41) is 15.3. The maximum Gasteiger partial charge on any atom is 0.408 e. The zero-order valence-electron chi connectivity index (χ0n) is 21.6. The van der Waals surface area contributed by atoms with Gasteiger partial charge in [-0.25, -0.2) is 4.79 Å². The second-order valence-electron chi connectivity index (χ2n) is 9.69. The van der Waals surface area contributed by atoms with Crippen molar-refractivity contribution in [1.82, 2.24) is 10.2 Å². The lowest BCUT2D eigenvalue weighted by Crippen LogP contribution is -2.52. The van der Waals surface area contributed by atoms with Gasteiger partial charge in [0.1, 0.15) is 17.7 Å². The van der Waals surface area contributed by atoms with E-state index in [-0.39, 0.29) is 13.2 Å². The van der Waals surface area contributed by atoms with Crippen molar-refractivity contribution in [3.8, 4) is 0 Å². The molecule has 0 aliphatic rings. The van der Waals surface area contributed by atoms with E-state index < -0.39 is 35.6 Å². The Hall–Kier alpha value is -3.39. The van der Waals surface area contributed by atoms with E-state index in [2.05, 4.69) is 10.6 Å². The number of aliphatic hydroxyl groups excluding tert-OH is 1. The van der Waals surface area contributed by atoms with Crippen molar-refractivity contribution < 1.29 is 24.2 Å². The molecule has 0 saturated carbocycles. The summed E-state index contributed by atoms with van der Waals surface area (Å²) >= 11 is 0. The zero-order chi connectivity index (χ0) is 26.3. The molecule has 2 unspecified atom stereocenters. The standard InChI is InChI=1S/C27H37N3O5/c1-17-12-13-21(19(3)16-17)23(24(32)29-22-11-9-8-10-18(22)2)30(14-15-31)25(33)20(4)28-26(34)35-27(5,6)7/h8-13,16,20,23,31H,14-15H2,1-7H3,(H,28,34)(H,29,32). The van der Waals surface area contributed by atoms with E-state index in [1.807, 2.05) is 57.2 Å². The molecule has 0 radical (unpaired) electrons. The fourth-order valence-electron chi connectivity index (χ4n) is 3.77. The third kappa shape index (κ3) is 7.82. The smallest absolute Gasteiger partial charge is 0.408 e. The highest BCUT2D eigenvalue weighted by Crippen LogP contribution is 2.28. The van der Waals surface area contributed by atoms with Gasteiger partial charge in [0.15, 0.2) is 0 Å². The molecule has 2 rings (SSSR count). The van der Waals surface area contributed by atoms with Crippen LogP contribution in [0.3, 0.4) is 0 Å². The normalized spacial score (nSPS) is 12.9. The Morgan fingerprint density at radius 2 is 1.69 bits per heavy atom. The van der Waals surface area contributed by atoms with Crippen LogP contribution in [0.5, 0.6) is 0 Å². The first kappa shape index (κ1) is 27.9. The van der Waals surface area contributed by atoms with E-state index in [0.717, 1.165) is 16.7 Å². The Bertz CT molecular complexity index is 1060. The summed E-state index contributed by atoms with van der Waals surface area (Å²) in [5.41, 5.74) is 3.26. The molecular weight excluding hydrogens is 446 g/mol. The van der Waals surface area contributed by atoms with Crippen molar-refractivity contribution in [1.29, 1.82) is 0 Å². The van der Waals surface area contributed by atoms with Crippen LogP contribution in [-0.4, -0.2) is 52.7 Å². The summed E-state index contributed by atoms with van der Waals surface area (Å²) in [7, 11) is 0. The molecule has 0 heterocycles. The third-order valence-electron chi connectivity index (χ3n) is 5.41. The Balaban J connectivity index is 2.45. The number of rotatable bonds is 8. The van der Waals surface area contributed by atoms with Gasteiger partial charge in [0, 0.05) is 12.2 Å². The van der Waals surface area contributed by atoms with Gasteiger partial charge in [-0.1, -0.05) is 42.0 Å². The summed E-state index contributed by atoms with van der Waals surface area (Å²) in [6, 6.07) is 11.0. The second-order valence-corrected chi connectivity index (χ2v) is 9.69. The number of aryl methyl sites for hydroxylation is 3. The third-order valence-corrected chi connectivity index (χ3v) is 5.41. The molecule has 3 amide bonds. The van der Waals surface area contributed by atoms with Gasteiger partial charge < -0.3 is 25.4 Å². The van der Waals surface area contributed by atoms with Gasteiger partial charge in [-0.05, 0) is 71.2 Å². The molecule has 0 spiro atoms. The molecule has 8 heteroatoms.